The lowest BCUT2D eigenvalue weighted by Gasteiger charge is -2.10. The second kappa shape index (κ2) is 6.91. The number of nitrogens with zero attached hydrogens (tertiary/aromatic N) is 1. The zero-order chi connectivity index (χ0) is 14.4. The van der Waals surface area contributed by atoms with Crippen LogP contribution in [0.2, 0.25) is 0 Å². The summed E-state index contributed by atoms with van der Waals surface area (Å²) in [6.07, 6.45) is 4.53. The molecule has 2 rings (SSSR count). The van der Waals surface area contributed by atoms with Gasteiger partial charge in [0, 0.05) is 23.9 Å². The van der Waals surface area contributed by atoms with E-state index in [1.807, 2.05) is 30.5 Å². The Hall–Kier alpha value is -2.07. The zero-order valence-corrected chi connectivity index (χ0v) is 11.9. The molecule has 2 N–H and O–H groups in total. The maximum absolute atomic E-state index is 5.75. The Labute approximate surface area is 119 Å². The van der Waals surface area contributed by atoms with Crippen molar-refractivity contribution in [3.8, 4) is 22.6 Å². The monoisotopic (exact) mass is 272 g/mol. The molecule has 0 bridgehead atoms. The van der Waals surface area contributed by atoms with Gasteiger partial charge in [0.1, 0.15) is 11.5 Å². The van der Waals surface area contributed by atoms with Gasteiger partial charge in [0.15, 0.2) is 0 Å². The van der Waals surface area contributed by atoms with Gasteiger partial charge in [-0.1, -0.05) is 13.0 Å². The van der Waals surface area contributed by atoms with E-state index in [1.54, 1.807) is 13.3 Å². The van der Waals surface area contributed by atoms with Gasteiger partial charge in [-0.05, 0) is 30.2 Å². The molecule has 106 valence electrons. The van der Waals surface area contributed by atoms with Crippen LogP contribution in [0.1, 0.15) is 18.9 Å². The molecule has 4 heteroatoms. The molecule has 0 aliphatic rings. The van der Waals surface area contributed by atoms with E-state index in [1.165, 1.54) is 0 Å². The van der Waals surface area contributed by atoms with Crippen molar-refractivity contribution >= 4 is 0 Å². The Morgan fingerprint density at radius 3 is 2.70 bits per heavy atom. The van der Waals surface area contributed by atoms with Crippen molar-refractivity contribution in [2.45, 2.75) is 19.9 Å². The summed E-state index contributed by atoms with van der Waals surface area (Å²) < 4.78 is 10.9. The van der Waals surface area contributed by atoms with Crippen LogP contribution >= 0.6 is 0 Å². The quantitative estimate of drug-likeness (QED) is 0.878. The van der Waals surface area contributed by atoms with E-state index < -0.39 is 0 Å². The normalized spacial score (nSPS) is 10.3. The standard InChI is InChI=1S/C16H20N2O2/c1-3-6-20-15-8-14(10-18-11-15)12-4-5-16(19-2)13(7-12)9-17/h4-5,7-8,10-11H,3,6,9,17H2,1-2H3. The average Bonchev–Trinajstić information content (AvgIpc) is 2.52. The van der Waals surface area contributed by atoms with E-state index >= 15 is 0 Å². The minimum atomic E-state index is 0.441. The third-order valence-electron chi connectivity index (χ3n) is 3.02. The summed E-state index contributed by atoms with van der Waals surface area (Å²) in [7, 11) is 1.65. The summed E-state index contributed by atoms with van der Waals surface area (Å²) >= 11 is 0. The number of ether oxygens (including phenoxy) is 2. The maximum atomic E-state index is 5.75. The van der Waals surface area contributed by atoms with Crippen molar-refractivity contribution in [3.63, 3.8) is 0 Å². The first-order valence-electron chi connectivity index (χ1n) is 6.73. The van der Waals surface area contributed by atoms with Crippen LogP contribution in [0.5, 0.6) is 11.5 Å². The predicted octanol–water partition coefficient (Wildman–Crippen LogP) is 3.00. The van der Waals surface area contributed by atoms with Gasteiger partial charge >= 0.3 is 0 Å². The molecule has 0 aliphatic carbocycles. The summed E-state index contributed by atoms with van der Waals surface area (Å²) in [6.45, 7) is 3.21. The Balaban J connectivity index is 2.31. The van der Waals surface area contributed by atoms with Crippen molar-refractivity contribution in [2.75, 3.05) is 13.7 Å². The number of nitrogens with two attached hydrogens (primary N) is 1. The van der Waals surface area contributed by atoms with Gasteiger partial charge in [-0.3, -0.25) is 4.98 Å². The number of methoxy groups -OCH3 is 1. The highest BCUT2D eigenvalue weighted by atomic mass is 16.5. The van der Waals surface area contributed by atoms with Gasteiger partial charge in [0.2, 0.25) is 0 Å². The van der Waals surface area contributed by atoms with Crippen molar-refractivity contribution in [2.24, 2.45) is 5.73 Å². The van der Waals surface area contributed by atoms with Crippen LogP contribution in [0.3, 0.4) is 0 Å². The molecule has 0 fully saturated rings. The van der Waals surface area contributed by atoms with Crippen molar-refractivity contribution in [1.82, 2.24) is 4.98 Å². The first-order chi connectivity index (χ1) is 9.78. The van der Waals surface area contributed by atoms with Gasteiger partial charge in [-0.15, -0.1) is 0 Å². The molecule has 1 heterocycles. The lowest BCUT2D eigenvalue weighted by Crippen LogP contribution is -2.00. The van der Waals surface area contributed by atoms with Gasteiger partial charge in [0.05, 0.1) is 19.9 Å². The number of aromatic nitrogens is 1. The third-order valence-corrected chi connectivity index (χ3v) is 3.02. The van der Waals surface area contributed by atoms with Crippen molar-refractivity contribution < 1.29 is 9.47 Å². The second-order valence-corrected chi connectivity index (χ2v) is 4.49. The van der Waals surface area contributed by atoms with E-state index in [9.17, 15) is 0 Å². The average molecular weight is 272 g/mol. The van der Waals surface area contributed by atoms with Crippen LogP contribution in [0.4, 0.5) is 0 Å². The first kappa shape index (κ1) is 14.3. The van der Waals surface area contributed by atoms with Crippen LogP contribution in [0.25, 0.3) is 11.1 Å². The molecule has 0 saturated carbocycles. The molecule has 20 heavy (non-hydrogen) atoms. The molecule has 0 saturated heterocycles. The highest BCUT2D eigenvalue weighted by Crippen LogP contribution is 2.27. The van der Waals surface area contributed by atoms with Crippen molar-refractivity contribution in [3.05, 3.63) is 42.2 Å². The van der Waals surface area contributed by atoms with Gasteiger partial charge in [0.25, 0.3) is 0 Å². The summed E-state index contributed by atoms with van der Waals surface area (Å²) in [5, 5.41) is 0. The SMILES string of the molecule is CCCOc1cncc(-c2ccc(OC)c(CN)c2)c1. The van der Waals surface area contributed by atoms with E-state index in [0.29, 0.717) is 13.2 Å². The number of rotatable bonds is 6. The molecule has 4 nitrogen and oxygen atoms in total. The number of benzene rings is 1. The molecule has 2 aromatic rings. The largest absolute Gasteiger partial charge is 0.496 e. The number of hydrogen-bond acceptors (Lipinski definition) is 4. The summed E-state index contributed by atoms with van der Waals surface area (Å²) in [6, 6.07) is 7.94. The number of pyridine rings is 1. The lowest BCUT2D eigenvalue weighted by atomic mass is 10.0. The van der Waals surface area contributed by atoms with E-state index in [0.717, 1.165) is 34.6 Å². The van der Waals surface area contributed by atoms with Gasteiger partial charge in [-0.2, -0.15) is 0 Å². The Morgan fingerprint density at radius 2 is 2.00 bits per heavy atom. The minimum absolute atomic E-state index is 0.441. The van der Waals surface area contributed by atoms with Gasteiger partial charge < -0.3 is 15.2 Å². The molecule has 0 amide bonds. The molecule has 1 aromatic heterocycles. The third kappa shape index (κ3) is 3.27. The fourth-order valence-corrected chi connectivity index (χ4v) is 1.99. The fraction of sp³-hybridized carbons (Fsp3) is 0.312. The molecular weight excluding hydrogens is 252 g/mol. The summed E-state index contributed by atoms with van der Waals surface area (Å²) in [5.41, 5.74) is 8.79. The van der Waals surface area contributed by atoms with Gasteiger partial charge in [-0.25, -0.2) is 0 Å². The van der Waals surface area contributed by atoms with E-state index in [-0.39, 0.29) is 0 Å². The van der Waals surface area contributed by atoms with E-state index in [2.05, 4.69) is 11.9 Å². The van der Waals surface area contributed by atoms with Crippen LogP contribution in [0.15, 0.2) is 36.7 Å². The highest BCUT2D eigenvalue weighted by molar-refractivity contribution is 5.66. The molecule has 0 radical (unpaired) electrons. The second-order valence-electron chi connectivity index (χ2n) is 4.49. The minimum Gasteiger partial charge on any atom is -0.496 e. The topological polar surface area (TPSA) is 57.4 Å². The lowest BCUT2D eigenvalue weighted by molar-refractivity contribution is 0.316. The Kier molecular flexibility index (Phi) is 4.96. The molecule has 0 unspecified atom stereocenters. The Bertz CT molecular complexity index is 570. The highest BCUT2D eigenvalue weighted by Gasteiger charge is 2.06. The molecule has 1 aromatic carbocycles. The zero-order valence-electron chi connectivity index (χ0n) is 11.9. The summed E-state index contributed by atoms with van der Waals surface area (Å²) in [5.74, 6) is 1.59. The van der Waals surface area contributed by atoms with E-state index in [4.69, 9.17) is 15.2 Å². The summed E-state index contributed by atoms with van der Waals surface area (Å²) in [4.78, 5) is 4.22. The Morgan fingerprint density at radius 1 is 1.15 bits per heavy atom. The molecule has 0 aliphatic heterocycles. The molecule has 0 atom stereocenters. The fourth-order valence-electron chi connectivity index (χ4n) is 1.99. The smallest absolute Gasteiger partial charge is 0.138 e. The van der Waals surface area contributed by atoms with Crippen LogP contribution < -0.4 is 15.2 Å². The van der Waals surface area contributed by atoms with Crippen molar-refractivity contribution in [1.29, 1.82) is 0 Å². The van der Waals surface area contributed by atoms with Crippen LogP contribution in [0, 0.1) is 0 Å². The van der Waals surface area contributed by atoms with Crippen LogP contribution in [-0.2, 0) is 6.54 Å². The predicted molar refractivity (Wildman–Crippen MR) is 79.9 cm³/mol. The number of hydrogen-bond donors (Lipinski definition) is 1. The molecular formula is C16H20N2O2. The molecule has 0 spiro atoms. The first-order valence-corrected chi connectivity index (χ1v) is 6.73. The maximum Gasteiger partial charge on any atom is 0.138 e. The van der Waals surface area contributed by atoms with Crippen LogP contribution in [-0.4, -0.2) is 18.7 Å².